The quantitative estimate of drug-likeness (QED) is 0.783. The van der Waals surface area contributed by atoms with Gasteiger partial charge in [0, 0.05) is 13.0 Å². The molecule has 1 aromatic heterocycles. The number of nitrogens with zero attached hydrogens (tertiary/aromatic N) is 3. The molecule has 0 saturated carbocycles. The molecule has 6 nitrogen and oxygen atoms in total. The summed E-state index contributed by atoms with van der Waals surface area (Å²) in [5, 5.41) is 11.5. The SMILES string of the molecule is CC(C)C(NCc1nnc2n1CCCC2)C(N)=O. The molecule has 1 unspecified atom stereocenters. The van der Waals surface area contributed by atoms with Crippen LogP contribution in [0.2, 0.25) is 0 Å². The predicted molar refractivity (Wildman–Crippen MR) is 67.6 cm³/mol. The van der Waals surface area contributed by atoms with E-state index in [1.807, 2.05) is 13.8 Å². The highest BCUT2D eigenvalue weighted by Crippen LogP contribution is 2.14. The molecule has 1 aliphatic heterocycles. The van der Waals surface area contributed by atoms with E-state index in [4.69, 9.17) is 5.73 Å². The van der Waals surface area contributed by atoms with Gasteiger partial charge in [0.1, 0.15) is 11.6 Å². The molecule has 0 aliphatic carbocycles. The molecule has 0 spiro atoms. The van der Waals surface area contributed by atoms with Crippen molar-refractivity contribution in [3.05, 3.63) is 11.6 Å². The van der Waals surface area contributed by atoms with Crippen molar-refractivity contribution in [2.45, 2.75) is 52.2 Å². The molecule has 1 aromatic rings. The fraction of sp³-hybridized carbons (Fsp3) is 0.750. The number of aryl methyl sites for hydroxylation is 1. The van der Waals surface area contributed by atoms with E-state index in [2.05, 4.69) is 20.1 Å². The molecule has 0 aromatic carbocycles. The first-order valence-corrected chi connectivity index (χ1v) is 6.53. The van der Waals surface area contributed by atoms with Gasteiger partial charge in [0.25, 0.3) is 0 Å². The molecule has 6 heteroatoms. The zero-order chi connectivity index (χ0) is 13.1. The average molecular weight is 251 g/mol. The van der Waals surface area contributed by atoms with Crippen LogP contribution in [-0.2, 0) is 24.3 Å². The monoisotopic (exact) mass is 251 g/mol. The third-order valence-corrected chi connectivity index (χ3v) is 3.39. The fourth-order valence-electron chi connectivity index (χ4n) is 2.37. The maximum Gasteiger partial charge on any atom is 0.234 e. The van der Waals surface area contributed by atoms with E-state index >= 15 is 0 Å². The first-order chi connectivity index (χ1) is 8.59. The van der Waals surface area contributed by atoms with Crippen molar-refractivity contribution in [1.29, 1.82) is 0 Å². The first kappa shape index (κ1) is 13.0. The molecule has 0 fully saturated rings. The van der Waals surface area contributed by atoms with Crippen LogP contribution in [-0.4, -0.2) is 26.7 Å². The fourth-order valence-corrected chi connectivity index (χ4v) is 2.37. The summed E-state index contributed by atoms with van der Waals surface area (Å²) in [7, 11) is 0. The Labute approximate surface area is 107 Å². The number of hydrogen-bond donors (Lipinski definition) is 2. The number of amides is 1. The number of nitrogens with one attached hydrogen (secondary N) is 1. The van der Waals surface area contributed by atoms with Crippen LogP contribution in [0.4, 0.5) is 0 Å². The van der Waals surface area contributed by atoms with Gasteiger partial charge in [-0.3, -0.25) is 10.1 Å². The Balaban J connectivity index is 2.01. The van der Waals surface area contributed by atoms with Crippen molar-refractivity contribution >= 4 is 5.91 Å². The lowest BCUT2D eigenvalue weighted by molar-refractivity contribution is -0.121. The Morgan fingerprint density at radius 3 is 2.89 bits per heavy atom. The molecule has 0 bridgehead atoms. The summed E-state index contributed by atoms with van der Waals surface area (Å²) in [5.74, 6) is 1.81. The summed E-state index contributed by atoms with van der Waals surface area (Å²) >= 11 is 0. The van der Waals surface area contributed by atoms with Crippen LogP contribution in [0.3, 0.4) is 0 Å². The highest BCUT2D eigenvalue weighted by molar-refractivity contribution is 5.80. The van der Waals surface area contributed by atoms with Gasteiger partial charge >= 0.3 is 0 Å². The molecule has 0 radical (unpaired) electrons. The topological polar surface area (TPSA) is 85.8 Å². The maximum absolute atomic E-state index is 11.3. The van der Waals surface area contributed by atoms with Gasteiger partial charge in [-0.1, -0.05) is 13.8 Å². The minimum Gasteiger partial charge on any atom is -0.368 e. The second-order valence-corrected chi connectivity index (χ2v) is 5.15. The average Bonchev–Trinajstić information content (AvgIpc) is 2.72. The number of rotatable bonds is 5. The minimum absolute atomic E-state index is 0.172. The highest BCUT2D eigenvalue weighted by Gasteiger charge is 2.21. The number of primary amides is 1. The standard InChI is InChI=1S/C12H21N5O/c1-8(2)11(12(13)18)14-7-10-16-15-9-5-3-4-6-17(9)10/h8,11,14H,3-7H2,1-2H3,(H2,13,18). The minimum atomic E-state index is -0.318. The summed E-state index contributed by atoms with van der Waals surface area (Å²) in [6, 6.07) is -0.318. The molecule has 1 amide bonds. The van der Waals surface area contributed by atoms with Crippen molar-refractivity contribution in [2.24, 2.45) is 11.7 Å². The van der Waals surface area contributed by atoms with Crippen LogP contribution >= 0.6 is 0 Å². The van der Waals surface area contributed by atoms with Gasteiger partial charge in [-0.15, -0.1) is 10.2 Å². The van der Waals surface area contributed by atoms with E-state index in [9.17, 15) is 4.79 Å². The van der Waals surface area contributed by atoms with Crippen molar-refractivity contribution in [2.75, 3.05) is 0 Å². The predicted octanol–water partition coefficient (Wildman–Crippen LogP) is 0.214. The second-order valence-electron chi connectivity index (χ2n) is 5.15. The number of nitrogens with two attached hydrogens (primary N) is 1. The van der Waals surface area contributed by atoms with Crippen LogP contribution in [0, 0.1) is 5.92 Å². The number of fused-ring (bicyclic) bond motifs is 1. The molecular weight excluding hydrogens is 230 g/mol. The van der Waals surface area contributed by atoms with Crippen LogP contribution < -0.4 is 11.1 Å². The summed E-state index contributed by atoms with van der Waals surface area (Å²) in [6.07, 6.45) is 3.35. The van der Waals surface area contributed by atoms with E-state index in [-0.39, 0.29) is 17.9 Å². The Morgan fingerprint density at radius 1 is 1.44 bits per heavy atom. The van der Waals surface area contributed by atoms with Crippen LogP contribution in [0.5, 0.6) is 0 Å². The molecule has 3 N–H and O–H groups in total. The van der Waals surface area contributed by atoms with Crippen LogP contribution in [0.15, 0.2) is 0 Å². The lowest BCUT2D eigenvalue weighted by Gasteiger charge is -2.20. The van der Waals surface area contributed by atoms with Gasteiger partial charge in [-0.05, 0) is 18.8 Å². The molecule has 2 heterocycles. The summed E-state index contributed by atoms with van der Waals surface area (Å²) in [4.78, 5) is 11.3. The van der Waals surface area contributed by atoms with Crippen molar-refractivity contribution in [1.82, 2.24) is 20.1 Å². The maximum atomic E-state index is 11.3. The molecule has 100 valence electrons. The normalized spacial score (nSPS) is 16.6. The number of carbonyl (C=O) groups is 1. The highest BCUT2D eigenvalue weighted by atomic mass is 16.1. The molecule has 2 rings (SSSR count). The third-order valence-electron chi connectivity index (χ3n) is 3.39. The Kier molecular flexibility index (Phi) is 3.96. The summed E-state index contributed by atoms with van der Waals surface area (Å²) < 4.78 is 2.15. The van der Waals surface area contributed by atoms with E-state index in [1.54, 1.807) is 0 Å². The Hall–Kier alpha value is -1.43. The molecule has 1 atom stereocenters. The van der Waals surface area contributed by atoms with Gasteiger partial charge in [-0.2, -0.15) is 0 Å². The van der Waals surface area contributed by atoms with Crippen molar-refractivity contribution in [3.8, 4) is 0 Å². The van der Waals surface area contributed by atoms with Gasteiger partial charge in [0.15, 0.2) is 0 Å². The van der Waals surface area contributed by atoms with Crippen molar-refractivity contribution in [3.63, 3.8) is 0 Å². The van der Waals surface area contributed by atoms with Gasteiger partial charge in [0.05, 0.1) is 12.6 Å². The zero-order valence-corrected chi connectivity index (χ0v) is 11.0. The van der Waals surface area contributed by atoms with Crippen LogP contribution in [0.1, 0.15) is 38.3 Å². The molecule has 0 saturated heterocycles. The van der Waals surface area contributed by atoms with Gasteiger partial charge < -0.3 is 10.3 Å². The summed E-state index contributed by atoms with van der Waals surface area (Å²) in [5.41, 5.74) is 5.37. The smallest absolute Gasteiger partial charge is 0.234 e. The first-order valence-electron chi connectivity index (χ1n) is 6.53. The summed E-state index contributed by atoms with van der Waals surface area (Å²) in [6.45, 7) is 5.46. The number of carbonyl (C=O) groups excluding carboxylic acids is 1. The van der Waals surface area contributed by atoms with E-state index in [1.165, 1.54) is 12.8 Å². The molecular formula is C12H21N5O. The largest absolute Gasteiger partial charge is 0.368 e. The molecule has 1 aliphatic rings. The van der Waals surface area contributed by atoms with E-state index in [0.29, 0.717) is 6.54 Å². The van der Waals surface area contributed by atoms with Gasteiger partial charge in [-0.25, -0.2) is 0 Å². The lowest BCUT2D eigenvalue weighted by Crippen LogP contribution is -2.45. The second kappa shape index (κ2) is 5.48. The lowest BCUT2D eigenvalue weighted by atomic mass is 10.0. The zero-order valence-electron chi connectivity index (χ0n) is 11.0. The molecule has 18 heavy (non-hydrogen) atoms. The van der Waals surface area contributed by atoms with Crippen LogP contribution in [0.25, 0.3) is 0 Å². The van der Waals surface area contributed by atoms with E-state index < -0.39 is 0 Å². The van der Waals surface area contributed by atoms with Gasteiger partial charge in [0.2, 0.25) is 5.91 Å². The Bertz CT molecular complexity index is 426. The third kappa shape index (κ3) is 2.69. The number of aromatic nitrogens is 3. The Morgan fingerprint density at radius 2 is 2.22 bits per heavy atom. The van der Waals surface area contributed by atoms with E-state index in [0.717, 1.165) is 24.6 Å². The van der Waals surface area contributed by atoms with Crippen molar-refractivity contribution < 1.29 is 4.79 Å². The number of hydrogen-bond acceptors (Lipinski definition) is 4.